The summed E-state index contributed by atoms with van der Waals surface area (Å²) in [7, 11) is 0. The number of urea groups is 1. The van der Waals surface area contributed by atoms with Crippen molar-refractivity contribution < 1.29 is 18.3 Å². The topological polar surface area (TPSA) is 50.4 Å². The van der Waals surface area contributed by atoms with Gasteiger partial charge in [-0.05, 0) is 43.2 Å². The molecule has 0 unspecified atom stereocenters. The molecular weight excluding hydrogens is 302 g/mol. The van der Waals surface area contributed by atoms with E-state index in [0.29, 0.717) is 0 Å². The molecule has 4 nitrogen and oxygen atoms in total. The highest BCUT2D eigenvalue weighted by Crippen LogP contribution is 2.19. The highest BCUT2D eigenvalue weighted by Gasteiger charge is 2.11. The number of hydrogen-bond donors (Lipinski definition) is 2. The van der Waals surface area contributed by atoms with Crippen LogP contribution in [0.5, 0.6) is 5.75 Å². The minimum Gasteiger partial charge on any atom is -0.491 e. The van der Waals surface area contributed by atoms with Crippen LogP contribution in [0.1, 0.15) is 11.1 Å². The summed E-state index contributed by atoms with van der Waals surface area (Å²) in [6, 6.07) is 8.52. The summed E-state index contributed by atoms with van der Waals surface area (Å²) in [5, 5.41) is 4.62. The Labute approximate surface area is 133 Å². The van der Waals surface area contributed by atoms with Crippen LogP contribution in [0.3, 0.4) is 0 Å². The number of carbonyl (C=O) groups excluding carboxylic acids is 1. The Kier molecular flexibility index (Phi) is 5.51. The Morgan fingerprint density at radius 2 is 1.83 bits per heavy atom. The standard InChI is InChI=1S/C17H18F2N2O2/c1-11-6-7-12(2)15(10-11)23-9-8-20-17(22)21-16-13(18)4-3-5-14(16)19/h3-7,10H,8-9H2,1-2H3,(H2,20,21,22). The van der Waals surface area contributed by atoms with Crippen LogP contribution in [-0.2, 0) is 0 Å². The maximum atomic E-state index is 13.4. The van der Waals surface area contributed by atoms with Gasteiger partial charge in [-0.2, -0.15) is 0 Å². The maximum Gasteiger partial charge on any atom is 0.319 e. The van der Waals surface area contributed by atoms with Crippen molar-refractivity contribution in [3.8, 4) is 5.75 Å². The number of nitrogens with one attached hydrogen (secondary N) is 2. The first-order chi connectivity index (χ1) is 11.0. The lowest BCUT2D eigenvalue weighted by Crippen LogP contribution is -2.32. The molecule has 0 aromatic heterocycles. The predicted octanol–water partition coefficient (Wildman–Crippen LogP) is 3.78. The van der Waals surface area contributed by atoms with Crippen LogP contribution >= 0.6 is 0 Å². The number of rotatable bonds is 5. The quantitative estimate of drug-likeness (QED) is 0.824. The molecule has 0 radical (unpaired) electrons. The predicted molar refractivity (Wildman–Crippen MR) is 84.8 cm³/mol. The van der Waals surface area contributed by atoms with E-state index in [2.05, 4.69) is 10.6 Å². The third kappa shape index (κ3) is 4.67. The summed E-state index contributed by atoms with van der Waals surface area (Å²) in [5.41, 5.74) is 1.60. The van der Waals surface area contributed by atoms with Crippen molar-refractivity contribution in [1.29, 1.82) is 0 Å². The fourth-order valence-electron chi connectivity index (χ4n) is 1.96. The molecule has 0 spiro atoms. The molecule has 0 heterocycles. The van der Waals surface area contributed by atoms with Gasteiger partial charge in [0.05, 0.1) is 6.54 Å². The lowest BCUT2D eigenvalue weighted by molar-refractivity contribution is 0.247. The van der Waals surface area contributed by atoms with Crippen molar-refractivity contribution >= 4 is 11.7 Å². The smallest absolute Gasteiger partial charge is 0.319 e. The van der Waals surface area contributed by atoms with Crippen LogP contribution in [0.15, 0.2) is 36.4 Å². The lowest BCUT2D eigenvalue weighted by Gasteiger charge is -2.12. The third-order valence-electron chi connectivity index (χ3n) is 3.19. The molecule has 2 aromatic rings. The van der Waals surface area contributed by atoms with E-state index in [1.165, 1.54) is 6.07 Å². The van der Waals surface area contributed by atoms with E-state index in [1.54, 1.807) is 0 Å². The summed E-state index contributed by atoms with van der Waals surface area (Å²) in [6.07, 6.45) is 0. The summed E-state index contributed by atoms with van der Waals surface area (Å²) in [6.45, 7) is 4.34. The molecule has 2 rings (SSSR count). The van der Waals surface area contributed by atoms with E-state index in [9.17, 15) is 13.6 Å². The number of amides is 2. The van der Waals surface area contributed by atoms with Gasteiger partial charge in [-0.1, -0.05) is 18.2 Å². The second-order valence-corrected chi connectivity index (χ2v) is 5.09. The van der Waals surface area contributed by atoms with Gasteiger partial charge in [-0.3, -0.25) is 0 Å². The van der Waals surface area contributed by atoms with Crippen molar-refractivity contribution in [1.82, 2.24) is 5.32 Å². The number of benzene rings is 2. The van der Waals surface area contributed by atoms with Crippen molar-refractivity contribution in [3.63, 3.8) is 0 Å². The first-order valence-electron chi connectivity index (χ1n) is 7.16. The molecule has 2 N–H and O–H groups in total. The Hall–Kier alpha value is -2.63. The Morgan fingerprint density at radius 3 is 2.52 bits per heavy atom. The number of ether oxygens (including phenoxy) is 1. The normalized spacial score (nSPS) is 10.3. The average molecular weight is 320 g/mol. The molecule has 0 bridgehead atoms. The van der Waals surface area contributed by atoms with E-state index < -0.39 is 23.4 Å². The molecule has 23 heavy (non-hydrogen) atoms. The van der Waals surface area contributed by atoms with Gasteiger partial charge in [0.2, 0.25) is 0 Å². The number of aryl methyl sites for hydroxylation is 2. The van der Waals surface area contributed by atoms with Crippen LogP contribution in [0.25, 0.3) is 0 Å². The Balaban J connectivity index is 1.80. The maximum absolute atomic E-state index is 13.4. The zero-order valence-electron chi connectivity index (χ0n) is 13.0. The van der Waals surface area contributed by atoms with Gasteiger partial charge >= 0.3 is 6.03 Å². The fourth-order valence-corrected chi connectivity index (χ4v) is 1.96. The molecule has 0 atom stereocenters. The number of para-hydroxylation sites is 1. The molecular formula is C17H18F2N2O2. The molecule has 0 fully saturated rings. The first-order valence-corrected chi connectivity index (χ1v) is 7.16. The van der Waals surface area contributed by atoms with Gasteiger partial charge in [0.15, 0.2) is 0 Å². The second-order valence-electron chi connectivity index (χ2n) is 5.09. The number of halogens is 2. The molecule has 0 saturated carbocycles. The third-order valence-corrected chi connectivity index (χ3v) is 3.19. The fraction of sp³-hybridized carbons (Fsp3) is 0.235. The van der Waals surface area contributed by atoms with Crippen LogP contribution in [0.4, 0.5) is 19.3 Å². The second kappa shape index (κ2) is 7.58. The monoisotopic (exact) mass is 320 g/mol. The average Bonchev–Trinajstić information content (AvgIpc) is 2.51. The highest BCUT2D eigenvalue weighted by atomic mass is 19.1. The summed E-state index contributed by atoms with van der Waals surface area (Å²) in [4.78, 5) is 11.6. The van der Waals surface area contributed by atoms with Gasteiger partial charge in [-0.15, -0.1) is 0 Å². The van der Waals surface area contributed by atoms with Crippen LogP contribution in [0.2, 0.25) is 0 Å². The minimum absolute atomic E-state index is 0.204. The summed E-state index contributed by atoms with van der Waals surface area (Å²) >= 11 is 0. The Bertz CT molecular complexity index is 685. The molecule has 6 heteroatoms. The van der Waals surface area contributed by atoms with E-state index in [0.717, 1.165) is 29.0 Å². The zero-order chi connectivity index (χ0) is 16.8. The van der Waals surface area contributed by atoms with Crippen molar-refractivity contribution in [3.05, 3.63) is 59.2 Å². The molecule has 2 amide bonds. The number of hydrogen-bond acceptors (Lipinski definition) is 2. The SMILES string of the molecule is Cc1ccc(C)c(OCCNC(=O)Nc2c(F)cccc2F)c1. The van der Waals surface area contributed by atoms with Crippen LogP contribution in [-0.4, -0.2) is 19.2 Å². The van der Waals surface area contributed by atoms with Crippen molar-refractivity contribution in [2.24, 2.45) is 0 Å². The molecule has 2 aromatic carbocycles. The lowest BCUT2D eigenvalue weighted by atomic mass is 10.1. The molecule has 0 aliphatic heterocycles. The van der Waals surface area contributed by atoms with Crippen LogP contribution < -0.4 is 15.4 Å². The van der Waals surface area contributed by atoms with E-state index in [-0.39, 0.29) is 13.2 Å². The van der Waals surface area contributed by atoms with E-state index in [4.69, 9.17) is 4.74 Å². The van der Waals surface area contributed by atoms with Crippen LogP contribution in [0, 0.1) is 25.5 Å². The highest BCUT2D eigenvalue weighted by molar-refractivity contribution is 5.89. The first kappa shape index (κ1) is 16.7. The summed E-state index contributed by atoms with van der Waals surface area (Å²) < 4.78 is 32.4. The van der Waals surface area contributed by atoms with Gasteiger partial charge in [0.25, 0.3) is 0 Å². The van der Waals surface area contributed by atoms with Crippen molar-refractivity contribution in [2.75, 3.05) is 18.5 Å². The summed E-state index contributed by atoms with van der Waals surface area (Å²) in [5.74, 6) is -0.911. The molecule has 122 valence electrons. The van der Waals surface area contributed by atoms with Gasteiger partial charge in [-0.25, -0.2) is 13.6 Å². The minimum atomic E-state index is -0.827. The van der Waals surface area contributed by atoms with Crippen molar-refractivity contribution in [2.45, 2.75) is 13.8 Å². The molecule has 0 aliphatic rings. The number of carbonyl (C=O) groups is 1. The van der Waals surface area contributed by atoms with Gasteiger partial charge in [0.1, 0.15) is 29.7 Å². The van der Waals surface area contributed by atoms with Gasteiger partial charge < -0.3 is 15.4 Å². The van der Waals surface area contributed by atoms with Gasteiger partial charge in [0, 0.05) is 0 Å². The Morgan fingerprint density at radius 1 is 1.13 bits per heavy atom. The largest absolute Gasteiger partial charge is 0.491 e. The molecule has 0 saturated heterocycles. The number of anilines is 1. The van der Waals surface area contributed by atoms with E-state index >= 15 is 0 Å². The van der Waals surface area contributed by atoms with E-state index in [1.807, 2.05) is 32.0 Å². The zero-order valence-corrected chi connectivity index (χ0v) is 13.0. The molecule has 0 aliphatic carbocycles.